The van der Waals surface area contributed by atoms with Crippen molar-refractivity contribution < 1.29 is 51.3 Å². The lowest BCUT2D eigenvalue weighted by molar-refractivity contribution is -0.197. The van der Waals surface area contributed by atoms with Crippen LogP contribution >= 0.6 is 0 Å². The molecule has 2 saturated heterocycles. The van der Waals surface area contributed by atoms with Gasteiger partial charge in [-0.2, -0.15) is 8.42 Å². The van der Waals surface area contributed by atoms with Gasteiger partial charge in [0.1, 0.15) is 17.1 Å². The predicted octanol–water partition coefficient (Wildman–Crippen LogP) is 6.13. The molecule has 1 aromatic rings. The highest BCUT2D eigenvalue weighted by atomic mass is 32.2. The fraction of sp³-hybridized carbons (Fsp3) is 0.476. The summed E-state index contributed by atoms with van der Waals surface area (Å²) in [5, 5.41) is 0.466. The Morgan fingerprint density at radius 3 is 2.14 bits per heavy atom. The number of ether oxygens (including phenoxy) is 1. The van der Waals surface area contributed by atoms with Gasteiger partial charge in [-0.3, -0.25) is 33.5 Å². The van der Waals surface area contributed by atoms with E-state index in [0.29, 0.717) is 17.2 Å². The van der Waals surface area contributed by atoms with E-state index < -0.39 is 51.5 Å². The van der Waals surface area contributed by atoms with E-state index in [1.807, 2.05) is 12.2 Å². The molecule has 4 aliphatic rings. The first-order valence-electron chi connectivity index (χ1n) is 19.5. The van der Waals surface area contributed by atoms with E-state index in [1.165, 1.54) is 12.2 Å². The number of imide groups is 3. The van der Waals surface area contributed by atoms with Crippen molar-refractivity contribution in [3.05, 3.63) is 71.0 Å². The number of hydrogen-bond acceptors (Lipinski definition) is 11. The summed E-state index contributed by atoms with van der Waals surface area (Å²) in [4.78, 5) is 85.1. The number of fused-ring (bicyclic) bond motifs is 2. The highest BCUT2D eigenvalue weighted by Gasteiger charge is 2.41. The topological polar surface area (TPSA) is 188 Å². The number of benzene rings is 1. The smallest absolute Gasteiger partial charge is 0.333 e. The van der Waals surface area contributed by atoms with Crippen molar-refractivity contribution in [3.63, 3.8) is 0 Å². The number of nitrogens with zero attached hydrogens (tertiary/aromatic N) is 4. The number of hydroxylamine groups is 2. The Morgan fingerprint density at radius 1 is 0.914 bits per heavy atom. The summed E-state index contributed by atoms with van der Waals surface area (Å²) in [5.41, 5.74) is 4.17. The number of amides is 6. The molecular weight excluding hydrogens is 769 g/mol. The zero-order valence-corrected chi connectivity index (χ0v) is 34.9. The Labute approximate surface area is 339 Å². The van der Waals surface area contributed by atoms with Gasteiger partial charge in [-0.25, -0.2) is 9.59 Å². The molecule has 15 nitrogen and oxygen atoms in total. The van der Waals surface area contributed by atoms with Gasteiger partial charge >= 0.3 is 12.0 Å². The van der Waals surface area contributed by atoms with E-state index in [9.17, 15) is 41.7 Å². The molecule has 0 saturated carbocycles. The molecule has 0 atom stereocenters. The molecule has 6 amide bonds. The minimum Gasteiger partial charge on any atom is -0.460 e. The number of urea groups is 1. The van der Waals surface area contributed by atoms with E-state index in [0.717, 1.165) is 50.1 Å². The number of barbiturate groups is 1. The average Bonchev–Trinajstić information content (AvgIpc) is 3.44. The van der Waals surface area contributed by atoms with Gasteiger partial charge in [0.15, 0.2) is 0 Å². The van der Waals surface area contributed by atoms with E-state index in [1.54, 1.807) is 6.08 Å². The van der Waals surface area contributed by atoms with Crippen molar-refractivity contribution in [1.82, 2.24) is 14.9 Å². The van der Waals surface area contributed by atoms with Crippen LogP contribution in [0.4, 0.5) is 10.5 Å². The zero-order chi connectivity index (χ0) is 42.7. The van der Waals surface area contributed by atoms with Crippen LogP contribution in [0.5, 0.6) is 5.75 Å². The van der Waals surface area contributed by atoms with Gasteiger partial charge in [-0.05, 0) is 76.3 Å². The number of hydrogen-bond donors (Lipinski definition) is 1. The van der Waals surface area contributed by atoms with Crippen molar-refractivity contribution in [2.75, 3.05) is 30.3 Å². The Balaban J connectivity index is 1.37. The van der Waals surface area contributed by atoms with Crippen LogP contribution in [0.1, 0.15) is 105 Å². The third-order valence-electron chi connectivity index (χ3n) is 10.3. The normalized spacial score (nSPS) is 19.9. The van der Waals surface area contributed by atoms with Crippen LogP contribution in [0.3, 0.4) is 0 Å². The third kappa shape index (κ3) is 9.84. The summed E-state index contributed by atoms with van der Waals surface area (Å²) < 4.78 is 38.5. The monoisotopic (exact) mass is 820 g/mol. The standard InChI is InChI=1S/C42H52N4O11S/c1-8-45-32-25-33-31(24-30(32)27(2)26-42(45,6)7)28(23-34(56-33)41(3,4)5)15-11-12-16-29-38(50)43(40(52)44(39(29)51)21-14-22-58(53,54)55)20-13-9-10-17-37(49)57-46-35(47)18-19-36(46)48/h11-12,15-16,23-26H,8-10,13-14,17-22H2,1-7H3,(H,53,54,55)/b12-11+,28-15+,29-16+. The van der Waals surface area contributed by atoms with Gasteiger partial charge < -0.3 is 14.5 Å². The van der Waals surface area contributed by atoms with Gasteiger partial charge in [-0.15, -0.1) is 5.06 Å². The van der Waals surface area contributed by atoms with Crippen molar-refractivity contribution in [1.29, 1.82) is 0 Å². The number of carbonyl (C=O) groups excluding carboxylic acids is 6. The fourth-order valence-corrected chi connectivity index (χ4v) is 7.84. The molecule has 0 aliphatic carbocycles. The first-order chi connectivity index (χ1) is 27.1. The number of unbranched alkanes of at least 4 members (excludes halogenated alkanes) is 2. The molecule has 16 heteroatoms. The maximum atomic E-state index is 13.7. The SMILES string of the molecule is CCN1c2cc3c(cc2C(C)=CC1(C)C)/C(=C/C=C/C=C1\C(=O)N(CCCCCC(=O)ON2C(=O)CCC2=O)C(=O)N(CCCS(=O)(=O)O)C1=O)C=C(C(C)(C)C)O3. The summed E-state index contributed by atoms with van der Waals surface area (Å²) in [6, 6.07) is 3.26. The van der Waals surface area contributed by atoms with Gasteiger partial charge in [0, 0.05) is 67.2 Å². The fourth-order valence-electron chi connectivity index (χ4n) is 7.34. The summed E-state index contributed by atoms with van der Waals surface area (Å²) >= 11 is 0. The van der Waals surface area contributed by atoms with E-state index in [-0.39, 0.29) is 68.1 Å². The minimum atomic E-state index is -4.38. The molecule has 1 aromatic carbocycles. The summed E-state index contributed by atoms with van der Waals surface area (Å²) in [6.07, 6.45) is 11.0. The molecule has 4 heterocycles. The Hall–Kier alpha value is -5.35. The van der Waals surface area contributed by atoms with Crippen molar-refractivity contribution in [3.8, 4) is 5.75 Å². The maximum Gasteiger partial charge on any atom is 0.333 e. The highest BCUT2D eigenvalue weighted by Crippen LogP contribution is 2.47. The molecule has 58 heavy (non-hydrogen) atoms. The molecule has 2 fully saturated rings. The molecule has 0 aromatic heterocycles. The Kier molecular flexibility index (Phi) is 13.0. The van der Waals surface area contributed by atoms with Crippen LogP contribution in [-0.2, 0) is 38.9 Å². The van der Waals surface area contributed by atoms with Gasteiger partial charge in [0.05, 0.1) is 11.3 Å². The maximum absolute atomic E-state index is 13.7. The summed E-state index contributed by atoms with van der Waals surface area (Å²) in [6.45, 7) is 15.0. The summed E-state index contributed by atoms with van der Waals surface area (Å²) in [7, 11) is -4.38. The number of anilines is 1. The predicted molar refractivity (Wildman–Crippen MR) is 216 cm³/mol. The van der Waals surface area contributed by atoms with Crippen LogP contribution in [-0.4, -0.2) is 94.4 Å². The van der Waals surface area contributed by atoms with E-state index in [2.05, 4.69) is 71.6 Å². The second-order valence-electron chi connectivity index (χ2n) is 16.2. The van der Waals surface area contributed by atoms with E-state index in [4.69, 9.17) is 9.57 Å². The second kappa shape index (κ2) is 17.2. The number of carbonyl (C=O) groups is 6. The van der Waals surface area contributed by atoms with E-state index >= 15 is 0 Å². The van der Waals surface area contributed by atoms with Crippen LogP contribution < -0.4 is 9.64 Å². The highest BCUT2D eigenvalue weighted by molar-refractivity contribution is 7.85. The van der Waals surface area contributed by atoms with Gasteiger partial charge in [0.2, 0.25) is 0 Å². The lowest BCUT2D eigenvalue weighted by Gasteiger charge is -2.43. The quantitative estimate of drug-likeness (QED) is 0.0745. The van der Waals surface area contributed by atoms with Crippen molar-refractivity contribution >= 4 is 62.6 Å². The zero-order valence-electron chi connectivity index (χ0n) is 34.1. The average molecular weight is 821 g/mol. The van der Waals surface area contributed by atoms with Crippen LogP contribution in [0.25, 0.3) is 11.1 Å². The lowest BCUT2D eigenvalue weighted by Crippen LogP contribution is -2.56. The first kappa shape index (κ1) is 43.8. The minimum absolute atomic E-state index is 0.0286. The molecule has 0 spiro atoms. The Morgan fingerprint density at radius 2 is 1.53 bits per heavy atom. The van der Waals surface area contributed by atoms with Crippen molar-refractivity contribution in [2.24, 2.45) is 5.41 Å². The number of allylic oxidation sites excluding steroid dienone is 8. The molecule has 5 rings (SSSR count). The van der Waals surface area contributed by atoms with Gasteiger partial charge in [0.25, 0.3) is 33.7 Å². The van der Waals surface area contributed by atoms with Crippen LogP contribution in [0, 0.1) is 5.41 Å². The molecule has 312 valence electrons. The van der Waals surface area contributed by atoms with Crippen LogP contribution in [0.2, 0.25) is 0 Å². The molecule has 0 radical (unpaired) electrons. The van der Waals surface area contributed by atoms with Crippen molar-refractivity contribution in [2.45, 2.75) is 99.0 Å². The third-order valence-corrected chi connectivity index (χ3v) is 11.1. The lowest BCUT2D eigenvalue weighted by atomic mass is 9.85. The summed E-state index contributed by atoms with van der Waals surface area (Å²) in [5.74, 6) is -2.94. The number of likely N-dealkylation sites (N-methyl/N-ethyl adjacent to an activating group) is 1. The molecule has 4 aliphatic heterocycles. The van der Waals surface area contributed by atoms with Crippen LogP contribution in [0.15, 0.2) is 59.9 Å². The Bertz CT molecular complexity index is 2160. The first-order valence-corrected chi connectivity index (χ1v) is 21.1. The van der Waals surface area contributed by atoms with Gasteiger partial charge in [-0.1, -0.05) is 51.5 Å². The molecular formula is C42H52N4O11S. The molecule has 0 unspecified atom stereocenters. The second-order valence-corrected chi connectivity index (χ2v) is 17.8. The number of rotatable bonds is 14. The molecule has 0 bridgehead atoms. The molecule has 1 N–H and O–H groups in total. The largest absolute Gasteiger partial charge is 0.460 e.